The van der Waals surface area contributed by atoms with Crippen molar-refractivity contribution >= 4 is 5.91 Å². The fraction of sp³-hybridized carbons (Fsp3) is 0.562. The zero-order valence-corrected chi connectivity index (χ0v) is 12.2. The Morgan fingerprint density at radius 2 is 2.24 bits per heavy atom. The molecule has 0 aliphatic carbocycles. The number of amides is 1. The largest absolute Gasteiger partial charge is 0.490 e. The van der Waals surface area contributed by atoms with E-state index in [4.69, 9.17) is 15.2 Å². The van der Waals surface area contributed by atoms with Gasteiger partial charge in [0.2, 0.25) is 0 Å². The normalized spacial score (nSPS) is 25.3. The number of nitrogens with two attached hydrogens (primary N) is 1. The average molecular weight is 290 g/mol. The van der Waals surface area contributed by atoms with Gasteiger partial charge in [0, 0.05) is 25.7 Å². The Kier molecular flexibility index (Phi) is 4.41. The molecule has 2 atom stereocenters. The zero-order chi connectivity index (χ0) is 14.7. The molecule has 0 aromatic heterocycles. The minimum Gasteiger partial charge on any atom is -0.490 e. The van der Waals surface area contributed by atoms with Crippen molar-refractivity contribution in [3.8, 4) is 5.75 Å². The Morgan fingerprint density at radius 3 is 2.95 bits per heavy atom. The van der Waals surface area contributed by atoms with Crippen molar-refractivity contribution in [2.45, 2.75) is 31.4 Å². The summed E-state index contributed by atoms with van der Waals surface area (Å²) in [6.45, 7) is 2.66. The lowest BCUT2D eigenvalue weighted by Crippen LogP contribution is -2.32. The van der Waals surface area contributed by atoms with Crippen LogP contribution in [-0.4, -0.2) is 49.3 Å². The first-order valence-corrected chi connectivity index (χ1v) is 7.62. The minimum absolute atomic E-state index is 0.00545. The molecule has 0 unspecified atom stereocenters. The Labute approximate surface area is 125 Å². The number of ether oxygens (including phenoxy) is 2. The van der Waals surface area contributed by atoms with E-state index in [2.05, 4.69) is 0 Å². The molecule has 21 heavy (non-hydrogen) atoms. The summed E-state index contributed by atoms with van der Waals surface area (Å²) in [5.74, 6) is 0.643. The van der Waals surface area contributed by atoms with E-state index in [1.54, 1.807) is 4.90 Å². The van der Waals surface area contributed by atoms with Crippen LogP contribution in [0.5, 0.6) is 5.75 Å². The van der Waals surface area contributed by atoms with E-state index in [0.717, 1.165) is 32.4 Å². The number of carbonyl (C=O) groups excluding carboxylic acids is 1. The Balaban J connectivity index is 1.68. The van der Waals surface area contributed by atoms with Gasteiger partial charge in [0.1, 0.15) is 12.4 Å². The van der Waals surface area contributed by atoms with Gasteiger partial charge in [0.05, 0.1) is 11.7 Å². The van der Waals surface area contributed by atoms with Crippen LogP contribution in [0, 0.1) is 0 Å². The molecule has 5 nitrogen and oxygen atoms in total. The number of rotatable bonds is 4. The zero-order valence-electron chi connectivity index (χ0n) is 12.2. The predicted octanol–water partition coefficient (Wildman–Crippen LogP) is 1.42. The number of carbonyl (C=O) groups is 1. The van der Waals surface area contributed by atoms with E-state index in [9.17, 15) is 4.79 Å². The molecule has 2 N–H and O–H groups in total. The summed E-state index contributed by atoms with van der Waals surface area (Å²) in [5, 5.41) is 0. The quantitative estimate of drug-likeness (QED) is 0.911. The van der Waals surface area contributed by atoms with Gasteiger partial charge in [0.25, 0.3) is 5.91 Å². The van der Waals surface area contributed by atoms with Gasteiger partial charge < -0.3 is 20.1 Å². The molecule has 2 aliphatic rings. The molecule has 1 aromatic carbocycles. The smallest absolute Gasteiger partial charge is 0.257 e. The van der Waals surface area contributed by atoms with Crippen LogP contribution >= 0.6 is 0 Å². The molecule has 0 saturated carbocycles. The highest BCUT2D eigenvalue weighted by Gasteiger charge is 2.26. The summed E-state index contributed by atoms with van der Waals surface area (Å²) in [6, 6.07) is 7.50. The van der Waals surface area contributed by atoms with E-state index in [1.807, 2.05) is 24.3 Å². The molecule has 5 heteroatoms. The maximum atomic E-state index is 12.6. The molecule has 3 rings (SSSR count). The Hall–Kier alpha value is -1.59. The van der Waals surface area contributed by atoms with E-state index >= 15 is 0 Å². The van der Waals surface area contributed by atoms with Crippen molar-refractivity contribution in [3.05, 3.63) is 29.8 Å². The molecule has 2 heterocycles. The molecular weight excluding hydrogens is 268 g/mol. The summed E-state index contributed by atoms with van der Waals surface area (Å²) < 4.78 is 11.4. The van der Waals surface area contributed by atoms with Crippen molar-refractivity contribution in [2.75, 3.05) is 26.3 Å². The first kappa shape index (κ1) is 14.4. The SMILES string of the molecule is N[C@@H]1CCN(C(=O)c2ccccc2OC[C@@H]2CCCO2)C1. The summed E-state index contributed by atoms with van der Waals surface area (Å²) in [5.41, 5.74) is 6.49. The number of benzene rings is 1. The van der Waals surface area contributed by atoms with Crippen LogP contribution in [0.4, 0.5) is 0 Å². The van der Waals surface area contributed by atoms with Crippen LogP contribution in [0.2, 0.25) is 0 Å². The molecule has 1 aromatic rings. The van der Waals surface area contributed by atoms with Crippen LogP contribution in [-0.2, 0) is 4.74 Å². The Morgan fingerprint density at radius 1 is 1.38 bits per heavy atom. The standard InChI is InChI=1S/C16H22N2O3/c17-12-7-8-18(10-12)16(19)14-5-1-2-6-15(14)21-11-13-4-3-9-20-13/h1-2,5-6,12-13H,3-4,7-11,17H2/t12-,13+/m1/s1. The molecular formula is C16H22N2O3. The molecule has 1 amide bonds. The van der Waals surface area contributed by atoms with Gasteiger partial charge >= 0.3 is 0 Å². The van der Waals surface area contributed by atoms with E-state index in [0.29, 0.717) is 24.5 Å². The van der Waals surface area contributed by atoms with Crippen LogP contribution in [0.1, 0.15) is 29.6 Å². The molecule has 0 radical (unpaired) electrons. The van der Waals surface area contributed by atoms with Crippen molar-refractivity contribution < 1.29 is 14.3 Å². The second-order valence-electron chi connectivity index (χ2n) is 5.74. The maximum absolute atomic E-state index is 12.6. The number of para-hydroxylation sites is 1. The van der Waals surface area contributed by atoms with Crippen molar-refractivity contribution in [1.82, 2.24) is 4.90 Å². The fourth-order valence-electron chi connectivity index (χ4n) is 2.87. The fourth-order valence-corrected chi connectivity index (χ4v) is 2.87. The molecule has 2 saturated heterocycles. The summed E-state index contributed by atoms with van der Waals surface area (Å²) in [4.78, 5) is 14.4. The number of nitrogens with zero attached hydrogens (tertiary/aromatic N) is 1. The van der Waals surface area contributed by atoms with E-state index in [-0.39, 0.29) is 18.1 Å². The third-order valence-corrected chi connectivity index (χ3v) is 4.08. The average Bonchev–Trinajstić information content (AvgIpc) is 3.16. The highest BCUT2D eigenvalue weighted by Crippen LogP contribution is 2.23. The monoisotopic (exact) mass is 290 g/mol. The number of hydrogen-bond acceptors (Lipinski definition) is 4. The summed E-state index contributed by atoms with van der Waals surface area (Å²) in [6.07, 6.45) is 3.12. The van der Waals surface area contributed by atoms with Gasteiger partial charge in [-0.2, -0.15) is 0 Å². The molecule has 0 bridgehead atoms. The number of likely N-dealkylation sites (tertiary alicyclic amines) is 1. The van der Waals surface area contributed by atoms with Crippen LogP contribution in [0.3, 0.4) is 0 Å². The molecule has 2 fully saturated rings. The molecule has 114 valence electrons. The topological polar surface area (TPSA) is 64.8 Å². The van der Waals surface area contributed by atoms with Crippen molar-refractivity contribution in [1.29, 1.82) is 0 Å². The van der Waals surface area contributed by atoms with E-state index < -0.39 is 0 Å². The first-order valence-electron chi connectivity index (χ1n) is 7.62. The van der Waals surface area contributed by atoms with Gasteiger partial charge in [-0.15, -0.1) is 0 Å². The third-order valence-electron chi connectivity index (χ3n) is 4.08. The van der Waals surface area contributed by atoms with Crippen LogP contribution < -0.4 is 10.5 Å². The lowest BCUT2D eigenvalue weighted by molar-refractivity contribution is 0.0657. The van der Waals surface area contributed by atoms with Gasteiger partial charge in [-0.3, -0.25) is 4.79 Å². The predicted molar refractivity (Wildman–Crippen MR) is 79.4 cm³/mol. The summed E-state index contributed by atoms with van der Waals surface area (Å²) in [7, 11) is 0. The van der Waals surface area contributed by atoms with Crippen molar-refractivity contribution in [3.63, 3.8) is 0 Å². The third kappa shape index (κ3) is 3.36. The van der Waals surface area contributed by atoms with Gasteiger partial charge in [0.15, 0.2) is 0 Å². The van der Waals surface area contributed by atoms with Gasteiger partial charge in [-0.1, -0.05) is 12.1 Å². The minimum atomic E-state index is 0.00545. The highest BCUT2D eigenvalue weighted by atomic mass is 16.5. The van der Waals surface area contributed by atoms with Gasteiger partial charge in [-0.25, -0.2) is 0 Å². The lowest BCUT2D eigenvalue weighted by Gasteiger charge is -2.19. The highest BCUT2D eigenvalue weighted by molar-refractivity contribution is 5.97. The van der Waals surface area contributed by atoms with Crippen molar-refractivity contribution in [2.24, 2.45) is 5.73 Å². The van der Waals surface area contributed by atoms with Crippen LogP contribution in [0.25, 0.3) is 0 Å². The molecule has 0 spiro atoms. The maximum Gasteiger partial charge on any atom is 0.257 e. The Bertz CT molecular complexity index is 500. The first-order chi connectivity index (χ1) is 10.2. The number of hydrogen-bond donors (Lipinski definition) is 1. The second-order valence-corrected chi connectivity index (χ2v) is 5.74. The molecule has 2 aliphatic heterocycles. The lowest BCUT2D eigenvalue weighted by atomic mass is 10.1. The van der Waals surface area contributed by atoms with Gasteiger partial charge in [-0.05, 0) is 31.4 Å². The summed E-state index contributed by atoms with van der Waals surface area (Å²) >= 11 is 0. The van der Waals surface area contributed by atoms with Crippen LogP contribution in [0.15, 0.2) is 24.3 Å². The van der Waals surface area contributed by atoms with E-state index in [1.165, 1.54) is 0 Å². The second kappa shape index (κ2) is 6.45.